The van der Waals surface area contributed by atoms with Crippen LogP contribution < -0.4 is 0 Å². The number of hydrogen-bond donors (Lipinski definition) is 0. The lowest BCUT2D eigenvalue weighted by atomic mass is 10.1. The Bertz CT molecular complexity index is 228. The summed E-state index contributed by atoms with van der Waals surface area (Å²) in [5.74, 6) is 0.796. The minimum atomic E-state index is -0.147. The van der Waals surface area contributed by atoms with Crippen LogP contribution in [0.25, 0.3) is 0 Å². The Morgan fingerprint density at radius 1 is 1.19 bits per heavy atom. The molecule has 0 aromatic heterocycles. The van der Waals surface area contributed by atoms with Crippen molar-refractivity contribution in [2.75, 3.05) is 13.1 Å². The van der Waals surface area contributed by atoms with Gasteiger partial charge < -0.3 is 9.64 Å². The van der Waals surface area contributed by atoms with Gasteiger partial charge in [0.05, 0.1) is 0 Å². The Kier molecular flexibility index (Phi) is 6.24. The molecule has 2 heteroatoms. The van der Waals surface area contributed by atoms with E-state index in [0.717, 1.165) is 31.8 Å². The number of nitrogens with zero attached hydrogens (tertiary/aromatic N) is 1. The van der Waals surface area contributed by atoms with Crippen molar-refractivity contribution in [2.24, 2.45) is 0 Å². The summed E-state index contributed by atoms with van der Waals surface area (Å²) < 4.78 is 5.71. The summed E-state index contributed by atoms with van der Waals surface area (Å²) in [5.41, 5.74) is 1.19. The second-order valence-corrected chi connectivity index (χ2v) is 4.85. The summed E-state index contributed by atoms with van der Waals surface area (Å²) in [6, 6.07) is 0. The van der Waals surface area contributed by atoms with Crippen molar-refractivity contribution in [2.45, 2.75) is 53.1 Å². The van der Waals surface area contributed by atoms with Crippen LogP contribution in [0.1, 0.15) is 47.5 Å². The number of rotatable bonds is 2. The molecule has 0 aromatic carbocycles. The van der Waals surface area contributed by atoms with Gasteiger partial charge in [0, 0.05) is 13.1 Å². The first-order chi connectivity index (χ1) is 7.38. The van der Waals surface area contributed by atoms with E-state index in [-0.39, 0.29) is 5.60 Å². The Hall–Kier alpha value is -0.920. The minimum absolute atomic E-state index is 0.147. The molecular formula is C14H27NO. The number of ether oxygens (including phenoxy) is 1. The maximum atomic E-state index is 5.71. The molecule has 0 N–H and O–H groups in total. The topological polar surface area (TPSA) is 12.5 Å². The third kappa shape index (κ3) is 5.84. The van der Waals surface area contributed by atoms with Gasteiger partial charge in [0.2, 0.25) is 0 Å². The third-order valence-electron chi connectivity index (χ3n) is 2.25. The van der Waals surface area contributed by atoms with Crippen molar-refractivity contribution in [1.82, 2.24) is 4.90 Å². The molecule has 2 nitrogen and oxygen atoms in total. The quantitative estimate of drug-likeness (QED) is 0.521. The van der Waals surface area contributed by atoms with E-state index >= 15 is 0 Å². The van der Waals surface area contributed by atoms with Gasteiger partial charge in [-0.2, -0.15) is 0 Å². The number of piperidine rings is 1. The summed E-state index contributed by atoms with van der Waals surface area (Å²) in [5, 5.41) is 0. The van der Waals surface area contributed by atoms with E-state index in [0.29, 0.717) is 0 Å². The van der Waals surface area contributed by atoms with Crippen LogP contribution in [-0.4, -0.2) is 23.6 Å². The van der Waals surface area contributed by atoms with E-state index in [1.54, 1.807) is 0 Å². The Morgan fingerprint density at radius 2 is 1.62 bits per heavy atom. The highest BCUT2D eigenvalue weighted by molar-refractivity contribution is 5.02. The van der Waals surface area contributed by atoms with Gasteiger partial charge in [-0.05, 0) is 40.2 Å². The fourth-order valence-corrected chi connectivity index (χ4v) is 1.49. The summed E-state index contributed by atoms with van der Waals surface area (Å²) in [6.45, 7) is 20.1. The first kappa shape index (κ1) is 15.1. The highest BCUT2D eigenvalue weighted by atomic mass is 16.5. The van der Waals surface area contributed by atoms with Crippen molar-refractivity contribution < 1.29 is 4.74 Å². The molecule has 0 spiro atoms. The molecule has 16 heavy (non-hydrogen) atoms. The fraction of sp³-hybridized carbons (Fsp3) is 0.714. The highest BCUT2D eigenvalue weighted by Gasteiger charge is 2.19. The van der Waals surface area contributed by atoms with E-state index < -0.39 is 0 Å². The Morgan fingerprint density at radius 3 is 2.00 bits per heavy atom. The van der Waals surface area contributed by atoms with Crippen molar-refractivity contribution in [3.8, 4) is 0 Å². The van der Waals surface area contributed by atoms with E-state index in [1.807, 2.05) is 34.6 Å². The zero-order valence-electron chi connectivity index (χ0n) is 11.6. The summed E-state index contributed by atoms with van der Waals surface area (Å²) >= 11 is 0. The lowest BCUT2D eigenvalue weighted by Gasteiger charge is -2.34. The normalized spacial score (nSPS) is 16.3. The van der Waals surface area contributed by atoms with Crippen LogP contribution in [0.3, 0.4) is 0 Å². The fourth-order valence-electron chi connectivity index (χ4n) is 1.49. The highest BCUT2D eigenvalue weighted by Crippen LogP contribution is 2.21. The van der Waals surface area contributed by atoms with Crippen LogP contribution in [0, 0.1) is 0 Å². The van der Waals surface area contributed by atoms with Crippen molar-refractivity contribution in [3.63, 3.8) is 0 Å². The van der Waals surface area contributed by atoms with Crippen LogP contribution >= 0.6 is 0 Å². The Balaban J connectivity index is 0.00000106. The van der Waals surface area contributed by atoms with Crippen molar-refractivity contribution >= 4 is 0 Å². The third-order valence-corrected chi connectivity index (χ3v) is 2.25. The molecule has 1 saturated heterocycles. The molecule has 1 heterocycles. The SMILES string of the molecule is C=C1CCN(C(=C)OC(C)(C)C)CC1.CC. The average Bonchev–Trinajstić information content (AvgIpc) is 2.19. The first-order valence-corrected chi connectivity index (χ1v) is 6.18. The average molecular weight is 225 g/mol. The zero-order chi connectivity index (χ0) is 12.8. The van der Waals surface area contributed by atoms with Gasteiger partial charge in [-0.3, -0.25) is 0 Å². The van der Waals surface area contributed by atoms with E-state index in [9.17, 15) is 0 Å². The molecule has 0 atom stereocenters. The van der Waals surface area contributed by atoms with Gasteiger partial charge in [-0.1, -0.05) is 26.0 Å². The van der Waals surface area contributed by atoms with Gasteiger partial charge in [0.1, 0.15) is 5.60 Å². The van der Waals surface area contributed by atoms with Gasteiger partial charge in [0.15, 0.2) is 5.88 Å². The molecular weight excluding hydrogens is 198 g/mol. The largest absolute Gasteiger partial charge is 0.474 e. The van der Waals surface area contributed by atoms with Crippen molar-refractivity contribution in [1.29, 1.82) is 0 Å². The predicted molar refractivity (Wildman–Crippen MR) is 71.3 cm³/mol. The van der Waals surface area contributed by atoms with Crippen LogP contribution in [-0.2, 0) is 4.74 Å². The predicted octanol–water partition coefficient (Wildman–Crippen LogP) is 3.95. The maximum Gasteiger partial charge on any atom is 0.182 e. The molecule has 0 amide bonds. The molecule has 0 unspecified atom stereocenters. The molecule has 0 radical (unpaired) electrons. The molecule has 94 valence electrons. The minimum Gasteiger partial charge on any atom is -0.474 e. The van der Waals surface area contributed by atoms with Gasteiger partial charge >= 0.3 is 0 Å². The van der Waals surface area contributed by atoms with E-state index in [1.165, 1.54) is 5.57 Å². The smallest absolute Gasteiger partial charge is 0.182 e. The van der Waals surface area contributed by atoms with E-state index in [2.05, 4.69) is 18.1 Å². The van der Waals surface area contributed by atoms with Crippen molar-refractivity contribution in [3.05, 3.63) is 24.6 Å². The zero-order valence-corrected chi connectivity index (χ0v) is 11.6. The van der Waals surface area contributed by atoms with Gasteiger partial charge in [-0.25, -0.2) is 0 Å². The molecule has 1 fully saturated rings. The monoisotopic (exact) mass is 225 g/mol. The standard InChI is InChI=1S/C12H21NO.C2H6/c1-10-6-8-13(9-7-10)11(2)14-12(3,4)5;1-2/h1-2,6-9H2,3-5H3;1-2H3. The summed E-state index contributed by atoms with van der Waals surface area (Å²) in [4.78, 5) is 2.19. The van der Waals surface area contributed by atoms with Gasteiger partial charge in [0.25, 0.3) is 0 Å². The molecule has 1 aliphatic heterocycles. The lowest BCUT2D eigenvalue weighted by Crippen LogP contribution is -2.33. The number of likely N-dealkylation sites (tertiary alicyclic amines) is 1. The maximum absolute atomic E-state index is 5.71. The molecule has 0 bridgehead atoms. The van der Waals surface area contributed by atoms with E-state index in [4.69, 9.17) is 4.74 Å². The van der Waals surface area contributed by atoms with Crippen LogP contribution in [0.2, 0.25) is 0 Å². The van der Waals surface area contributed by atoms with Crippen LogP contribution in [0.15, 0.2) is 24.6 Å². The molecule has 1 rings (SSSR count). The lowest BCUT2D eigenvalue weighted by molar-refractivity contribution is 0.00109. The molecule has 0 saturated carbocycles. The summed E-state index contributed by atoms with van der Waals surface area (Å²) in [6.07, 6.45) is 2.12. The second-order valence-electron chi connectivity index (χ2n) is 4.85. The molecule has 1 aliphatic rings. The Labute approximate surface area is 101 Å². The van der Waals surface area contributed by atoms with Crippen LogP contribution in [0.5, 0.6) is 0 Å². The molecule has 0 aromatic rings. The number of hydrogen-bond acceptors (Lipinski definition) is 2. The second kappa shape index (κ2) is 6.62. The molecule has 0 aliphatic carbocycles. The summed E-state index contributed by atoms with van der Waals surface area (Å²) in [7, 11) is 0. The van der Waals surface area contributed by atoms with Crippen LogP contribution in [0.4, 0.5) is 0 Å². The first-order valence-electron chi connectivity index (χ1n) is 6.18. The van der Waals surface area contributed by atoms with Gasteiger partial charge in [-0.15, -0.1) is 0 Å².